The number of anilines is 1. The third-order valence-corrected chi connectivity index (χ3v) is 3.96. The number of rotatable bonds is 4. The van der Waals surface area contributed by atoms with Crippen molar-refractivity contribution in [1.29, 1.82) is 0 Å². The van der Waals surface area contributed by atoms with Crippen molar-refractivity contribution >= 4 is 44.8 Å². The molecule has 0 saturated carbocycles. The largest absolute Gasteiger partial charge is 0.496 e. The molecule has 0 aliphatic heterocycles. The van der Waals surface area contributed by atoms with Gasteiger partial charge in [0.15, 0.2) is 0 Å². The summed E-state index contributed by atoms with van der Waals surface area (Å²) in [5.41, 5.74) is 1.83. The van der Waals surface area contributed by atoms with Crippen LogP contribution in [-0.2, 0) is 6.54 Å². The Labute approximate surface area is 130 Å². The van der Waals surface area contributed by atoms with Gasteiger partial charge in [0.1, 0.15) is 5.75 Å². The van der Waals surface area contributed by atoms with Crippen molar-refractivity contribution in [2.75, 3.05) is 12.4 Å². The second-order valence-corrected chi connectivity index (χ2v) is 5.60. The molecule has 0 fully saturated rings. The van der Waals surface area contributed by atoms with Crippen LogP contribution in [0.2, 0.25) is 10.0 Å². The monoisotopic (exact) mass is 359 g/mol. The summed E-state index contributed by atoms with van der Waals surface area (Å²) in [4.78, 5) is 0. The van der Waals surface area contributed by atoms with Gasteiger partial charge in [0, 0.05) is 26.6 Å². The first-order valence-corrected chi connectivity index (χ1v) is 7.17. The summed E-state index contributed by atoms with van der Waals surface area (Å²) < 4.78 is 6.25. The molecule has 0 unspecified atom stereocenters. The van der Waals surface area contributed by atoms with Crippen LogP contribution in [0.5, 0.6) is 5.75 Å². The van der Waals surface area contributed by atoms with E-state index in [1.165, 1.54) is 0 Å². The molecule has 19 heavy (non-hydrogen) atoms. The van der Waals surface area contributed by atoms with Gasteiger partial charge in [0.2, 0.25) is 0 Å². The molecule has 0 amide bonds. The van der Waals surface area contributed by atoms with Gasteiger partial charge >= 0.3 is 0 Å². The standard InChI is InChI=1S/C14H12BrCl2NO/c1-19-14-4-2-3-12(17)10(14)8-18-13-7-9(16)5-6-11(13)15/h2-7,18H,8H2,1H3. The van der Waals surface area contributed by atoms with E-state index in [1.807, 2.05) is 36.4 Å². The Kier molecular flexibility index (Phi) is 4.97. The van der Waals surface area contributed by atoms with E-state index in [1.54, 1.807) is 7.11 Å². The molecule has 0 radical (unpaired) electrons. The lowest BCUT2D eigenvalue weighted by atomic mass is 10.2. The molecule has 100 valence electrons. The van der Waals surface area contributed by atoms with Crippen LogP contribution in [0.1, 0.15) is 5.56 Å². The third-order valence-electron chi connectivity index (χ3n) is 2.68. The van der Waals surface area contributed by atoms with Gasteiger partial charge in [-0.05, 0) is 46.3 Å². The number of halogens is 3. The van der Waals surface area contributed by atoms with Gasteiger partial charge in [-0.3, -0.25) is 0 Å². The average molecular weight is 361 g/mol. The van der Waals surface area contributed by atoms with Gasteiger partial charge < -0.3 is 10.1 Å². The third kappa shape index (κ3) is 3.56. The first kappa shape index (κ1) is 14.5. The van der Waals surface area contributed by atoms with Gasteiger partial charge in [0.25, 0.3) is 0 Å². The number of benzene rings is 2. The van der Waals surface area contributed by atoms with Crippen LogP contribution in [0.3, 0.4) is 0 Å². The number of nitrogens with one attached hydrogen (secondary N) is 1. The van der Waals surface area contributed by atoms with Crippen molar-refractivity contribution < 1.29 is 4.74 Å². The molecule has 0 bridgehead atoms. The summed E-state index contributed by atoms with van der Waals surface area (Å²) >= 11 is 15.6. The molecule has 2 rings (SSSR count). The van der Waals surface area contributed by atoms with E-state index >= 15 is 0 Å². The Morgan fingerprint density at radius 1 is 1.21 bits per heavy atom. The smallest absolute Gasteiger partial charge is 0.125 e. The summed E-state index contributed by atoms with van der Waals surface area (Å²) in [5, 5.41) is 4.64. The predicted molar refractivity (Wildman–Crippen MR) is 84.5 cm³/mol. The SMILES string of the molecule is COc1cccc(Cl)c1CNc1cc(Cl)ccc1Br. The number of hydrogen-bond acceptors (Lipinski definition) is 2. The Morgan fingerprint density at radius 2 is 2.00 bits per heavy atom. The molecule has 0 spiro atoms. The fourth-order valence-electron chi connectivity index (χ4n) is 1.72. The highest BCUT2D eigenvalue weighted by Gasteiger charge is 2.08. The predicted octanol–water partition coefficient (Wildman–Crippen LogP) is 5.38. The highest BCUT2D eigenvalue weighted by Crippen LogP contribution is 2.30. The molecule has 2 aromatic rings. The summed E-state index contributed by atoms with van der Waals surface area (Å²) in [7, 11) is 1.63. The number of methoxy groups -OCH3 is 1. The number of hydrogen-bond donors (Lipinski definition) is 1. The Balaban J connectivity index is 2.21. The van der Waals surface area contributed by atoms with Crippen LogP contribution in [-0.4, -0.2) is 7.11 Å². The summed E-state index contributed by atoms with van der Waals surface area (Å²) in [6.45, 7) is 0.557. The molecule has 0 aliphatic carbocycles. The Bertz CT molecular complexity index is 590. The van der Waals surface area contributed by atoms with Crippen LogP contribution in [0.15, 0.2) is 40.9 Å². The van der Waals surface area contributed by atoms with Gasteiger partial charge in [-0.15, -0.1) is 0 Å². The van der Waals surface area contributed by atoms with E-state index in [9.17, 15) is 0 Å². The van der Waals surface area contributed by atoms with E-state index in [0.29, 0.717) is 16.6 Å². The molecule has 5 heteroatoms. The van der Waals surface area contributed by atoms with Crippen LogP contribution in [0, 0.1) is 0 Å². The quantitative estimate of drug-likeness (QED) is 0.790. The lowest BCUT2D eigenvalue weighted by molar-refractivity contribution is 0.410. The number of ether oxygens (including phenoxy) is 1. The second kappa shape index (κ2) is 6.51. The molecule has 2 nitrogen and oxygen atoms in total. The minimum atomic E-state index is 0.557. The lowest BCUT2D eigenvalue weighted by Gasteiger charge is -2.13. The second-order valence-electron chi connectivity index (χ2n) is 3.90. The molecular formula is C14H12BrCl2NO. The highest BCUT2D eigenvalue weighted by molar-refractivity contribution is 9.10. The minimum Gasteiger partial charge on any atom is -0.496 e. The zero-order chi connectivity index (χ0) is 13.8. The lowest BCUT2D eigenvalue weighted by Crippen LogP contribution is -2.03. The van der Waals surface area contributed by atoms with Gasteiger partial charge in [-0.25, -0.2) is 0 Å². The molecule has 1 N–H and O–H groups in total. The molecule has 0 aromatic heterocycles. The van der Waals surface area contributed by atoms with E-state index in [-0.39, 0.29) is 0 Å². The Hall–Kier alpha value is -0.900. The van der Waals surface area contributed by atoms with Crippen LogP contribution >= 0.6 is 39.1 Å². The van der Waals surface area contributed by atoms with E-state index in [0.717, 1.165) is 21.5 Å². The normalized spacial score (nSPS) is 10.3. The van der Waals surface area contributed by atoms with Gasteiger partial charge in [0.05, 0.1) is 12.8 Å². The molecular weight excluding hydrogens is 349 g/mol. The average Bonchev–Trinajstić information content (AvgIpc) is 2.40. The summed E-state index contributed by atoms with van der Waals surface area (Å²) in [6, 6.07) is 11.2. The molecule has 0 atom stereocenters. The van der Waals surface area contributed by atoms with Crippen molar-refractivity contribution in [3.63, 3.8) is 0 Å². The van der Waals surface area contributed by atoms with E-state index < -0.39 is 0 Å². The zero-order valence-corrected chi connectivity index (χ0v) is 13.3. The van der Waals surface area contributed by atoms with Gasteiger partial charge in [-0.1, -0.05) is 29.3 Å². The molecule has 0 aliphatic rings. The van der Waals surface area contributed by atoms with Crippen LogP contribution in [0.25, 0.3) is 0 Å². The van der Waals surface area contributed by atoms with Crippen molar-refractivity contribution in [3.8, 4) is 5.75 Å². The highest BCUT2D eigenvalue weighted by atomic mass is 79.9. The van der Waals surface area contributed by atoms with Crippen LogP contribution < -0.4 is 10.1 Å². The van der Waals surface area contributed by atoms with E-state index in [4.69, 9.17) is 27.9 Å². The van der Waals surface area contributed by atoms with E-state index in [2.05, 4.69) is 21.2 Å². The van der Waals surface area contributed by atoms with Crippen molar-refractivity contribution in [2.45, 2.75) is 6.54 Å². The zero-order valence-electron chi connectivity index (χ0n) is 10.2. The first-order chi connectivity index (χ1) is 9.11. The maximum atomic E-state index is 6.19. The molecule has 0 heterocycles. The van der Waals surface area contributed by atoms with Crippen LogP contribution in [0.4, 0.5) is 5.69 Å². The topological polar surface area (TPSA) is 21.3 Å². The van der Waals surface area contributed by atoms with Crippen molar-refractivity contribution in [2.24, 2.45) is 0 Å². The molecule has 0 saturated heterocycles. The summed E-state index contributed by atoms with van der Waals surface area (Å²) in [5.74, 6) is 0.762. The fourth-order valence-corrected chi connectivity index (χ4v) is 2.51. The van der Waals surface area contributed by atoms with Gasteiger partial charge in [-0.2, -0.15) is 0 Å². The maximum absolute atomic E-state index is 6.19. The first-order valence-electron chi connectivity index (χ1n) is 5.62. The maximum Gasteiger partial charge on any atom is 0.125 e. The van der Waals surface area contributed by atoms with Crippen molar-refractivity contribution in [3.05, 3.63) is 56.5 Å². The minimum absolute atomic E-state index is 0.557. The molecule has 2 aromatic carbocycles. The Morgan fingerprint density at radius 3 is 2.74 bits per heavy atom. The summed E-state index contributed by atoms with van der Waals surface area (Å²) in [6.07, 6.45) is 0. The van der Waals surface area contributed by atoms with Crippen molar-refractivity contribution in [1.82, 2.24) is 0 Å². The fraction of sp³-hybridized carbons (Fsp3) is 0.143.